The Kier molecular flexibility index (Phi) is 3.16. The summed E-state index contributed by atoms with van der Waals surface area (Å²) in [5, 5.41) is 0. The molecule has 0 aliphatic rings. The van der Waals surface area contributed by atoms with Gasteiger partial charge in [-0.05, 0) is 18.6 Å². The fourth-order valence-corrected chi connectivity index (χ4v) is 0.837. The Morgan fingerprint density at radius 1 is 1.33 bits per heavy atom. The van der Waals surface area contributed by atoms with Crippen molar-refractivity contribution in [3.05, 3.63) is 35.7 Å². The van der Waals surface area contributed by atoms with Crippen LogP contribution in [0.4, 0.5) is 5.69 Å². The molecule has 62 valence electrons. The lowest BCUT2D eigenvalue weighted by Gasteiger charge is -2.02. The Hall–Kier alpha value is -1.49. The van der Waals surface area contributed by atoms with Gasteiger partial charge in [-0.25, -0.2) is 4.85 Å². The number of nitrogens with zero attached hydrogens (tertiary/aromatic N) is 1. The van der Waals surface area contributed by atoms with Crippen LogP contribution in [0.2, 0.25) is 0 Å². The second-order valence-corrected chi connectivity index (χ2v) is 2.45. The smallest absolute Gasteiger partial charge is 0.187 e. The maximum absolute atomic E-state index is 6.74. The van der Waals surface area contributed by atoms with E-state index in [4.69, 9.17) is 11.3 Å². The predicted octanol–water partition coefficient (Wildman–Crippen LogP) is 3.03. The summed E-state index contributed by atoms with van der Waals surface area (Å²) in [5.41, 5.74) is 0.652. The monoisotopic (exact) mass is 161 g/mol. The van der Waals surface area contributed by atoms with Crippen LogP contribution in [0.5, 0.6) is 5.75 Å². The minimum absolute atomic E-state index is 0.652. The Labute approximate surface area is 72.6 Å². The van der Waals surface area contributed by atoms with E-state index in [0.29, 0.717) is 5.69 Å². The van der Waals surface area contributed by atoms with E-state index in [1.165, 1.54) is 0 Å². The zero-order valence-electron chi connectivity index (χ0n) is 7.08. The van der Waals surface area contributed by atoms with Crippen molar-refractivity contribution in [1.82, 2.24) is 0 Å². The van der Waals surface area contributed by atoms with Crippen molar-refractivity contribution < 1.29 is 4.74 Å². The van der Waals surface area contributed by atoms with Gasteiger partial charge in [0.25, 0.3) is 0 Å². The lowest BCUT2D eigenvalue weighted by Crippen LogP contribution is -1.93. The lowest BCUT2D eigenvalue weighted by molar-refractivity contribution is 0.317. The van der Waals surface area contributed by atoms with Crippen LogP contribution in [0.15, 0.2) is 24.3 Å². The van der Waals surface area contributed by atoms with Crippen LogP contribution in [0.3, 0.4) is 0 Å². The van der Waals surface area contributed by atoms with Gasteiger partial charge in [-0.1, -0.05) is 19.1 Å². The van der Waals surface area contributed by atoms with E-state index in [2.05, 4.69) is 11.8 Å². The Bertz CT molecular complexity index is 271. The molecule has 1 rings (SSSR count). The molecule has 1 aromatic carbocycles. The molecule has 2 heteroatoms. The highest BCUT2D eigenvalue weighted by atomic mass is 16.5. The van der Waals surface area contributed by atoms with Crippen LogP contribution in [0.1, 0.15) is 13.3 Å². The van der Waals surface area contributed by atoms with Crippen molar-refractivity contribution in [2.24, 2.45) is 0 Å². The summed E-state index contributed by atoms with van der Waals surface area (Å²) in [4.78, 5) is 3.29. The van der Waals surface area contributed by atoms with Crippen molar-refractivity contribution in [2.75, 3.05) is 6.61 Å². The zero-order chi connectivity index (χ0) is 8.81. The van der Waals surface area contributed by atoms with Crippen molar-refractivity contribution in [3.8, 4) is 5.75 Å². The first-order valence-electron chi connectivity index (χ1n) is 3.97. The largest absolute Gasteiger partial charge is 0.494 e. The Morgan fingerprint density at radius 3 is 2.50 bits per heavy atom. The quantitative estimate of drug-likeness (QED) is 0.621. The molecular formula is C10H11NO. The van der Waals surface area contributed by atoms with E-state index in [-0.39, 0.29) is 0 Å². The first-order chi connectivity index (χ1) is 5.86. The van der Waals surface area contributed by atoms with Crippen LogP contribution in [0.25, 0.3) is 4.85 Å². The molecule has 0 heterocycles. The van der Waals surface area contributed by atoms with Gasteiger partial charge >= 0.3 is 0 Å². The first kappa shape index (κ1) is 8.61. The van der Waals surface area contributed by atoms with E-state index < -0.39 is 0 Å². The molecule has 0 aromatic heterocycles. The highest BCUT2D eigenvalue weighted by Gasteiger charge is 1.92. The molecule has 12 heavy (non-hydrogen) atoms. The predicted molar refractivity (Wildman–Crippen MR) is 48.5 cm³/mol. The molecule has 0 saturated heterocycles. The first-order valence-corrected chi connectivity index (χ1v) is 3.97. The molecular weight excluding hydrogens is 150 g/mol. The van der Waals surface area contributed by atoms with Gasteiger partial charge in [0.05, 0.1) is 13.2 Å². The average Bonchev–Trinajstić information content (AvgIpc) is 2.15. The normalized spacial score (nSPS) is 9.00. The summed E-state index contributed by atoms with van der Waals surface area (Å²) < 4.78 is 5.35. The van der Waals surface area contributed by atoms with E-state index >= 15 is 0 Å². The average molecular weight is 161 g/mol. The summed E-state index contributed by atoms with van der Waals surface area (Å²) in [6, 6.07) is 7.17. The Balaban J connectivity index is 2.60. The van der Waals surface area contributed by atoms with Crippen molar-refractivity contribution in [1.29, 1.82) is 0 Å². The van der Waals surface area contributed by atoms with Crippen molar-refractivity contribution in [2.45, 2.75) is 13.3 Å². The fourth-order valence-electron chi connectivity index (χ4n) is 0.837. The van der Waals surface area contributed by atoms with Crippen LogP contribution in [-0.2, 0) is 0 Å². The summed E-state index contributed by atoms with van der Waals surface area (Å²) in [6.45, 7) is 9.53. The van der Waals surface area contributed by atoms with Crippen LogP contribution < -0.4 is 4.74 Å². The molecule has 0 unspecified atom stereocenters. The van der Waals surface area contributed by atoms with Gasteiger partial charge in [0, 0.05) is 0 Å². The van der Waals surface area contributed by atoms with E-state index in [0.717, 1.165) is 18.8 Å². The SMILES string of the molecule is [C-]#[N+]c1ccc(OCCC)cc1. The standard InChI is InChI=1S/C10H11NO/c1-3-8-12-10-6-4-9(11-2)5-7-10/h4-7H,3,8H2,1H3. The molecule has 0 spiro atoms. The molecule has 0 aliphatic carbocycles. The highest BCUT2D eigenvalue weighted by Crippen LogP contribution is 2.17. The van der Waals surface area contributed by atoms with Gasteiger partial charge in [-0.3, -0.25) is 0 Å². The molecule has 1 aromatic rings. The second-order valence-electron chi connectivity index (χ2n) is 2.45. The van der Waals surface area contributed by atoms with E-state index in [1.54, 1.807) is 12.1 Å². The summed E-state index contributed by atoms with van der Waals surface area (Å²) in [7, 11) is 0. The molecule has 0 bridgehead atoms. The lowest BCUT2D eigenvalue weighted by atomic mass is 10.3. The fraction of sp³-hybridized carbons (Fsp3) is 0.300. The Morgan fingerprint density at radius 2 is 2.00 bits per heavy atom. The third kappa shape index (κ3) is 2.28. The van der Waals surface area contributed by atoms with Crippen LogP contribution in [-0.4, -0.2) is 6.61 Å². The van der Waals surface area contributed by atoms with Gasteiger partial charge in [0.15, 0.2) is 5.69 Å². The maximum atomic E-state index is 6.74. The molecule has 0 fully saturated rings. The summed E-state index contributed by atoms with van der Waals surface area (Å²) in [6.07, 6.45) is 1.00. The number of hydrogen-bond acceptors (Lipinski definition) is 1. The van der Waals surface area contributed by atoms with Gasteiger partial charge < -0.3 is 4.74 Å². The van der Waals surface area contributed by atoms with E-state index in [9.17, 15) is 0 Å². The molecule has 0 amide bonds. The summed E-state index contributed by atoms with van der Waals surface area (Å²) >= 11 is 0. The van der Waals surface area contributed by atoms with Crippen LogP contribution in [0, 0.1) is 6.57 Å². The maximum Gasteiger partial charge on any atom is 0.187 e. The summed E-state index contributed by atoms with van der Waals surface area (Å²) in [5.74, 6) is 0.837. The topological polar surface area (TPSA) is 13.6 Å². The molecule has 0 aliphatic heterocycles. The van der Waals surface area contributed by atoms with Gasteiger partial charge in [0.1, 0.15) is 5.75 Å². The molecule has 2 nitrogen and oxygen atoms in total. The molecule has 0 saturated carbocycles. The zero-order valence-corrected chi connectivity index (χ0v) is 7.08. The number of benzene rings is 1. The third-order valence-electron chi connectivity index (χ3n) is 1.44. The van der Waals surface area contributed by atoms with Gasteiger partial charge in [0.2, 0.25) is 0 Å². The van der Waals surface area contributed by atoms with Crippen molar-refractivity contribution in [3.63, 3.8) is 0 Å². The highest BCUT2D eigenvalue weighted by molar-refractivity contribution is 5.46. The second kappa shape index (κ2) is 4.40. The minimum Gasteiger partial charge on any atom is -0.494 e. The van der Waals surface area contributed by atoms with Gasteiger partial charge in [-0.2, -0.15) is 0 Å². The van der Waals surface area contributed by atoms with E-state index in [1.807, 2.05) is 12.1 Å². The van der Waals surface area contributed by atoms with Crippen molar-refractivity contribution >= 4 is 5.69 Å². The molecule has 0 N–H and O–H groups in total. The third-order valence-corrected chi connectivity index (χ3v) is 1.44. The minimum atomic E-state index is 0.652. The van der Waals surface area contributed by atoms with Gasteiger partial charge in [-0.15, -0.1) is 0 Å². The van der Waals surface area contributed by atoms with Crippen LogP contribution >= 0.6 is 0 Å². The number of ether oxygens (including phenoxy) is 1. The number of rotatable bonds is 3. The molecule has 0 radical (unpaired) electrons. The number of hydrogen-bond donors (Lipinski definition) is 0. The molecule has 0 atom stereocenters.